The van der Waals surface area contributed by atoms with Crippen LogP contribution in [0.3, 0.4) is 0 Å². The van der Waals surface area contributed by atoms with Gasteiger partial charge in [-0.15, -0.1) is 13.2 Å². The fraction of sp³-hybridized carbons (Fsp3) is 0.706. The summed E-state index contributed by atoms with van der Waals surface area (Å²) in [5.41, 5.74) is 0. The van der Waals surface area contributed by atoms with Gasteiger partial charge in [0.2, 0.25) is 5.91 Å². The third-order valence-corrected chi connectivity index (χ3v) is 3.98. The predicted octanol–water partition coefficient (Wildman–Crippen LogP) is 2.20. The average molecular weight is 294 g/mol. The van der Waals surface area contributed by atoms with Gasteiger partial charge in [-0.3, -0.25) is 9.69 Å². The van der Waals surface area contributed by atoms with Crippen LogP contribution in [0.15, 0.2) is 25.3 Å². The molecular weight excluding hydrogens is 264 g/mol. The predicted molar refractivity (Wildman–Crippen MR) is 87.1 cm³/mol. The van der Waals surface area contributed by atoms with Crippen LogP contribution in [0.2, 0.25) is 0 Å². The number of hydrogen-bond donors (Lipinski definition) is 1. The van der Waals surface area contributed by atoms with E-state index in [0.717, 1.165) is 12.8 Å². The molecule has 1 aliphatic rings. The van der Waals surface area contributed by atoms with E-state index in [1.165, 1.54) is 19.3 Å². The summed E-state index contributed by atoms with van der Waals surface area (Å²) in [6.07, 6.45) is 9.04. The summed E-state index contributed by atoms with van der Waals surface area (Å²) < 4.78 is 0. The van der Waals surface area contributed by atoms with Crippen molar-refractivity contribution in [1.29, 1.82) is 0 Å². The van der Waals surface area contributed by atoms with E-state index in [1.807, 2.05) is 0 Å². The molecule has 4 nitrogen and oxygen atoms in total. The second kappa shape index (κ2) is 9.74. The zero-order chi connectivity index (χ0) is 15.7. The zero-order valence-electron chi connectivity index (χ0n) is 13.3. The van der Waals surface area contributed by atoms with Gasteiger partial charge in [-0.1, -0.05) is 31.4 Å². The summed E-state index contributed by atoms with van der Waals surface area (Å²) in [6.45, 7) is 11.2. The maximum absolute atomic E-state index is 12.5. The van der Waals surface area contributed by atoms with E-state index in [4.69, 9.17) is 0 Å². The van der Waals surface area contributed by atoms with Crippen LogP contribution in [0.4, 0.5) is 0 Å². The Morgan fingerprint density at radius 3 is 2.29 bits per heavy atom. The first kappa shape index (κ1) is 17.9. The summed E-state index contributed by atoms with van der Waals surface area (Å²) in [7, 11) is 0. The Balaban J connectivity index is 2.66. The van der Waals surface area contributed by atoms with Gasteiger partial charge in [0, 0.05) is 25.7 Å². The van der Waals surface area contributed by atoms with Crippen molar-refractivity contribution in [3.05, 3.63) is 25.3 Å². The molecule has 1 aliphatic carbocycles. The highest BCUT2D eigenvalue weighted by Gasteiger charge is 2.25. The minimum absolute atomic E-state index is 0.0843. The Hall–Kier alpha value is -1.13. The molecule has 1 rings (SSSR count). The van der Waals surface area contributed by atoms with Crippen LogP contribution in [0.5, 0.6) is 0 Å². The molecule has 1 fully saturated rings. The van der Waals surface area contributed by atoms with Crippen molar-refractivity contribution in [3.8, 4) is 0 Å². The minimum atomic E-state index is -0.410. The van der Waals surface area contributed by atoms with Crippen LogP contribution in [0.25, 0.3) is 0 Å². The van der Waals surface area contributed by atoms with Crippen LogP contribution >= 0.6 is 0 Å². The lowest BCUT2D eigenvalue weighted by molar-refractivity contribution is -0.132. The Kier molecular flexibility index (Phi) is 8.31. The van der Waals surface area contributed by atoms with Gasteiger partial charge in [0.1, 0.15) is 0 Å². The lowest BCUT2D eigenvalue weighted by atomic mass is 9.94. The molecule has 0 saturated heterocycles. The molecule has 0 aromatic carbocycles. The van der Waals surface area contributed by atoms with Gasteiger partial charge < -0.3 is 10.0 Å². The molecule has 0 aromatic rings. The molecule has 1 atom stereocenters. The molecule has 1 unspecified atom stereocenters. The largest absolute Gasteiger partial charge is 0.392 e. The standard InChI is InChI=1S/C17H30N2O2/c1-4-11-18(12-5-2)17(21)14-19(13-15(3)20)16-9-7-6-8-10-16/h4-5,15-16,20H,1-2,6-14H2,3H3. The fourth-order valence-corrected chi connectivity index (χ4v) is 2.99. The van der Waals surface area contributed by atoms with Crippen LogP contribution in [0.1, 0.15) is 39.0 Å². The maximum atomic E-state index is 12.5. The van der Waals surface area contributed by atoms with Crippen LogP contribution in [-0.2, 0) is 4.79 Å². The molecule has 120 valence electrons. The number of aliphatic hydroxyl groups is 1. The molecule has 1 N–H and O–H groups in total. The van der Waals surface area contributed by atoms with E-state index in [9.17, 15) is 9.90 Å². The molecule has 21 heavy (non-hydrogen) atoms. The van der Waals surface area contributed by atoms with Crippen LogP contribution in [-0.4, -0.2) is 59.1 Å². The monoisotopic (exact) mass is 294 g/mol. The summed E-state index contributed by atoms with van der Waals surface area (Å²) >= 11 is 0. The van der Waals surface area contributed by atoms with Gasteiger partial charge in [0.25, 0.3) is 0 Å². The quantitative estimate of drug-likeness (QED) is 0.663. The van der Waals surface area contributed by atoms with Crippen molar-refractivity contribution in [2.75, 3.05) is 26.2 Å². The van der Waals surface area contributed by atoms with Crippen molar-refractivity contribution in [2.45, 2.75) is 51.2 Å². The van der Waals surface area contributed by atoms with Crippen molar-refractivity contribution in [1.82, 2.24) is 9.80 Å². The highest BCUT2D eigenvalue weighted by molar-refractivity contribution is 5.78. The second-order valence-electron chi connectivity index (χ2n) is 5.95. The molecule has 4 heteroatoms. The Bertz CT molecular complexity index is 326. The molecule has 0 spiro atoms. The van der Waals surface area contributed by atoms with E-state index >= 15 is 0 Å². The van der Waals surface area contributed by atoms with E-state index in [2.05, 4.69) is 18.1 Å². The normalized spacial score (nSPS) is 17.5. The lowest BCUT2D eigenvalue weighted by Gasteiger charge is -2.35. The highest BCUT2D eigenvalue weighted by atomic mass is 16.3. The SMILES string of the molecule is C=CCN(CC=C)C(=O)CN(CC(C)O)C1CCCCC1. The van der Waals surface area contributed by atoms with E-state index in [1.54, 1.807) is 24.0 Å². The first-order valence-corrected chi connectivity index (χ1v) is 8.00. The molecule has 1 saturated carbocycles. The van der Waals surface area contributed by atoms with Gasteiger partial charge in [0.15, 0.2) is 0 Å². The summed E-state index contributed by atoms with van der Waals surface area (Å²) in [5, 5.41) is 9.71. The van der Waals surface area contributed by atoms with Crippen LogP contribution < -0.4 is 0 Å². The minimum Gasteiger partial charge on any atom is -0.392 e. The smallest absolute Gasteiger partial charge is 0.237 e. The lowest BCUT2D eigenvalue weighted by Crippen LogP contribution is -2.47. The number of aliphatic hydroxyl groups excluding tert-OH is 1. The van der Waals surface area contributed by atoms with E-state index in [0.29, 0.717) is 32.2 Å². The van der Waals surface area contributed by atoms with Crippen molar-refractivity contribution >= 4 is 5.91 Å². The Morgan fingerprint density at radius 1 is 1.24 bits per heavy atom. The van der Waals surface area contributed by atoms with Gasteiger partial charge in [-0.25, -0.2) is 0 Å². The topological polar surface area (TPSA) is 43.8 Å². The molecule has 0 aliphatic heterocycles. The van der Waals surface area contributed by atoms with E-state index < -0.39 is 6.10 Å². The average Bonchev–Trinajstić information content (AvgIpc) is 2.46. The molecule has 0 aromatic heterocycles. The first-order chi connectivity index (χ1) is 10.1. The highest BCUT2D eigenvalue weighted by Crippen LogP contribution is 2.22. The number of carbonyl (C=O) groups is 1. The molecule has 0 bridgehead atoms. The first-order valence-electron chi connectivity index (χ1n) is 8.00. The zero-order valence-corrected chi connectivity index (χ0v) is 13.3. The molecule has 0 radical (unpaired) electrons. The van der Waals surface area contributed by atoms with Gasteiger partial charge in [-0.05, 0) is 19.8 Å². The number of hydrogen-bond acceptors (Lipinski definition) is 3. The Labute approximate surface area is 129 Å². The fourth-order valence-electron chi connectivity index (χ4n) is 2.99. The number of rotatable bonds is 9. The van der Waals surface area contributed by atoms with Crippen molar-refractivity contribution in [3.63, 3.8) is 0 Å². The second-order valence-corrected chi connectivity index (χ2v) is 5.95. The molecule has 1 amide bonds. The van der Waals surface area contributed by atoms with Gasteiger partial charge in [-0.2, -0.15) is 0 Å². The summed E-state index contributed by atoms with van der Waals surface area (Å²) in [4.78, 5) is 16.4. The van der Waals surface area contributed by atoms with Gasteiger partial charge >= 0.3 is 0 Å². The van der Waals surface area contributed by atoms with E-state index in [-0.39, 0.29) is 5.91 Å². The third kappa shape index (κ3) is 6.44. The summed E-state index contributed by atoms with van der Waals surface area (Å²) in [5.74, 6) is 0.0843. The molecular formula is C17H30N2O2. The maximum Gasteiger partial charge on any atom is 0.237 e. The summed E-state index contributed by atoms with van der Waals surface area (Å²) in [6, 6.07) is 0.423. The van der Waals surface area contributed by atoms with Gasteiger partial charge in [0.05, 0.1) is 12.6 Å². The molecule has 0 heterocycles. The Morgan fingerprint density at radius 2 is 1.81 bits per heavy atom. The number of amides is 1. The third-order valence-electron chi connectivity index (χ3n) is 3.98. The number of carbonyl (C=O) groups excluding carboxylic acids is 1. The van der Waals surface area contributed by atoms with Crippen LogP contribution in [0, 0.1) is 0 Å². The number of nitrogens with zero attached hydrogens (tertiary/aromatic N) is 2. The van der Waals surface area contributed by atoms with Crippen molar-refractivity contribution in [2.24, 2.45) is 0 Å². The van der Waals surface area contributed by atoms with Crippen molar-refractivity contribution < 1.29 is 9.90 Å².